The van der Waals surface area contributed by atoms with Crippen molar-refractivity contribution in [2.24, 2.45) is 0 Å². The van der Waals surface area contributed by atoms with Crippen LogP contribution in [0.2, 0.25) is 0 Å². The van der Waals surface area contributed by atoms with Crippen molar-refractivity contribution in [1.29, 1.82) is 0 Å². The number of rotatable bonds is 0. The molecule has 100 valence electrons. The second-order valence-corrected chi connectivity index (χ2v) is 6.43. The van der Waals surface area contributed by atoms with Gasteiger partial charge in [-0.2, -0.15) is 0 Å². The second-order valence-electron chi connectivity index (χ2n) is 6.43. The highest BCUT2D eigenvalue weighted by atomic mass is 16.6. The summed E-state index contributed by atoms with van der Waals surface area (Å²) in [6.45, 7) is 0. The zero-order valence-electron chi connectivity index (χ0n) is 11.6. The van der Waals surface area contributed by atoms with E-state index in [4.69, 9.17) is 4.74 Å². The van der Waals surface area contributed by atoms with Gasteiger partial charge >= 0.3 is 0 Å². The first-order chi connectivity index (χ1) is 10.4. The molecule has 21 heavy (non-hydrogen) atoms. The van der Waals surface area contributed by atoms with Crippen molar-refractivity contribution in [2.45, 2.75) is 25.0 Å². The van der Waals surface area contributed by atoms with Crippen molar-refractivity contribution in [1.82, 2.24) is 0 Å². The van der Waals surface area contributed by atoms with Crippen LogP contribution in [0.25, 0.3) is 32.3 Å². The van der Waals surface area contributed by atoms with Crippen LogP contribution < -0.4 is 0 Å². The Morgan fingerprint density at radius 1 is 0.857 bits per heavy atom. The summed E-state index contributed by atoms with van der Waals surface area (Å²) >= 11 is 0. The smallest absolute Gasteiger partial charge is 0.109 e. The lowest BCUT2D eigenvalue weighted by molar-refractivity contribution is 0.373. The van der Waals surface area contributed by atoms with Crippen LogP contribution in [0.5, 0.6) is 0 Å². The fourth-order valence-corrected chi connectivity index (χ4v) is 4.35. The van der Waals surface area contributed by atoms with Crippen molar-refractivity contribution in [3.63, 3.8) is 0 Å². The van der Waals surface area contributed by atoms with E-state index in [0.717, 1.165) is 6.42 Å². The molecule has 1 aliphatic carbocycles. The molecule has 0 N–H and O–H groups in total. The van der Waals surface area contributed by atoms with Gasteiger partial charge in [-0.05, 0) is 62.4 Å². The molecule has 1 fully saturated rings. The molecule has 1 nitrogen and oxygen atoms in total. The molecular weight excluding hydrogens is 256 g/mol. The molecule has 0 unspecified atom stereocenters. The number of aryl methyl sites for hydroxylation is 1. The number of epoxide rings is 1. The highest BCUT2D eigenvalue weighted by Gasteiger charge is 2.44. The molecule has 2 aliphatic rings. The zero-order valence-corrected chi connectivity index (χ0v) is 11.6. The number of fused-ring (bicyclic) bond motifs is 4. The molecule has 2 atom stereocenters. The monoisotopic (exact) mass is 270 g/mol. The van der Waals surface area contributed by atoms with Crippen LogP contribution in [-0.4, -0.2) is 6.10 Å². The third-order valence-electron chi connectivity index (χ3n) is 5.36. The fraction of sp³-hybridized carbons (Fsp3) is 0.200. The van der Waals surface area contributed by atoms with Gasteiger partial charge < -0.3 is 4.74 Å². The Balaban J connectivity index is 1.90. The van der Waals surface area contributed by atoms with Gasteiger partial charge in [0.1, 0.15) is 6.10 Å². The Morgan fingerprint density at radius 3 is 2.57 bits per heavy atom. The quantitative estimate of drug-likeness (QED) is 0.324. The highest BCUT2D eigenvalue weighted by Crippen LogP contribution is 2.50. The topological polar surface area (TPSA) is 12.5 Å². The van der Waals surface area contributed by atoms with Crippen LogP contribution >= 0.6 is 0 Å². The lowest BCUT2D eigenvalue weighted by Gasteiger charge is -2.19. The van der Waals surface area contributed by atoms with Crippen LogP contribution in [0.3, 0.4) is 0 Å². The molecule has 1 aliphatic heterocycles. The third-order valence-corrected chi connectivity index (χ3v) is 5.36. The van der Waals surface area contributed by atoms with Gasteiger partial charge in [0.05, 0.1) is 6.10 Å². The molecule has 4 aromatic carbocycles. The second kappa shape index (κ2) is 3.37. The van der Waals surface area contributed by atoms with E-state index in [1.54, 1.807) is 0 Å². The molecule has 0 aromatic heterocycles. The van der Waals surface area contributed by atoms with Crippen molar-refractivity contribution >= 4 is 32.3 Å². The van der Waals surface area contributed by atoms with E-state index in [0.29, 0.717) is 12.2 Å². The van der Waals surface area contributed by atoms with Gasteiger partial charge in [0.15, 0.2) is 0 Å². The summed E-state index contributed by atoms with van der Waals surface area (Å²) in [7, 11) is 0. The summed E-state index contributed by atoms with van der Waals surface area (Å²) in [6.07, 6.45) is 3.20. The maximum absolute atomic E-state index is 5.83. The molecule has 0 saturated carbocycles. The van der Waals surface area contributed by atoms with Gasteiger partial charge in [-0.1, -0.05) is 42.5 Å². The lowest BCUT2D eigenvalue weighted by Crippen LogP contribution is -2.05. The molecule has 0 bridgehead atoms. The van der Waals surface area contributed by atoms with E-state index in [-0.39, 0.29) is 0 Å². The Labute approximate surface area is 122 Å². The molecule has 6 rings (SSSR count). The van der Waals surface area contributed by atoms with Crippen molar-refractivity contribution < 1.29 is 4.74 Å². The number of ether oxygens (including phenoxy) is 1. The lowest BCUT2D eigenvalue weighted by atomic mass is 9.84. The van der Waals surface area contributed by atoms with Gasteiger partial charge in [-0.25, -0.2) is 0 Å². The molecule has 1 heteroatoms. The largest absolute Gasteiger partial charge is 0.364 e. The van der Waals surface area contributed by atoms with E-state index in [2.05, 4.69) is 48.5 Å². The molecule has 0 spiro atoms. The van der Waals surface area contributed by atoms with Gasteiger partial charge in [-0.3, -0.25) is 0 Å². The van der Waals surface area contributed by atoms with Crippen LogP contribution in [0.4, 0.5) is 0 Å². The van der Waals surface area contributed by atoms with Gasteiger partial charge in [0.2, 0.25) is 0 Å². The number of hydrogen-bond acceptors (Lipinski definition) is 1. The minimum absolute atomic E-state index is 0.371. The summed E-state index contributed by atoms with van der Waals surface area (Å²) < 4.78 is 5.83. The molecule has 0 radical (unpaired) electrons. The van der Waals surface area contributed by atoms with Crippen LogP contribution in [0.15, 0.2) is 48.5 Å². The first kappa shape index (κ1) is 10.6. The normalized spacial score (nSPS) is 23.6. The van der Waals surface area contributed by atoms with Crippen LogP contribution in [0.1, 0.15) is 23.7 Å². The van der Waals surface area contributed by atoms with Gasteiger partial charge in [0.25, 0.3) is 0 Å². The minimum atomic E-state index is 0.371. The summed E-state index contributed by atoms with van der Waals surface area (Å²) in [5.41, 5.74) is 2.97. The Kier molecular flexibility index (Phi) is 1.70. The van der Waals surface area contributed by atoms with Crippen molar-refractivity contribution in [3.05, 3.63) is 59.7 Å². The first-order valence-electron chi connectivity index (χ1n) is 7.75. The number of benzene rings is 4. The van der Waals surface area contributed by atoms with Crippen LogP contribution in [0, 0.1) is 0 Å². The van der Waals surface area contributed by atoms with E-state index in [9.17, 15) is 0 Å². The Hall–Kier alpha value is -2.12. The van der Waals surface area contributed by atoms with E-state index >= 15 is 0 Å². The summed E-state index contributed by atoms with van der Waals surface area (Å²) in [6, 6.07) is 18.1. The minimum Gasteiger partial charge on any atom is -0.364 e. The fourth-order valence-electron chi connectivity index (χ4n) is 4.35. The van der Waals surface area contributed by atoms with E-state index in [1.807, 2.05) is 0 Å². The summed E-state index contributed by atoms with van der Waals surface area (Å²) in [5, 5.41) is 8.38. The Morgan fingerprint density at radius 2 is 1.67 bits per heavy atom. The summed E-state index contributed by atoms with van der Waals surface area (Å²) in [5.74, 6) is 0. The maximum Gasteiger partial charge on any atom is 0.109 e. The molecule has 4 aromatic rings. The van der Waals surface area contributed by atoms with E-state index < -0.39 is 0 Å². The molecule has 1 heterocycles. The average molecular weight is 270 g/mol. The van der Waals surface area contributed by atoms with Gasteiger partial charge in [0, 0.05) is 0 Å². The molecule has 1 saturated heterocycles. The average Bonchev–Trinajstić information content (AvgIpc) is 3.32. The first-order valence-corrected chi connectivity index (χ1v) is 7.75. The number of hydrogen-bond donors (Lipinski definition) is 0. The Bertz CT molecular complexity index is 1010. The predicted octanol–water partition coefficient (Wildman–Crippen LogP) is 4.97. The maximum atomic E-state index is 5.83. The highest BCUT2D eigenvalue weighted by molar-refractivity contribution is 6.23. The standard InChI is InChI=1S/C20H14O/c1-2-11-4-5-13-10-16-14(8-9-17-20(16)21-17)15-7-6-12(3-1)18(11)19(13)15/h1-7,10,17,20H,8-9H2/t17-,20+/m0/s1. The van der Waals surface area contributed by atoms with Crippen molar-refractivity contribution in [2.75, 3.05) is 0 Å². The van der Waals surface area contributed by atoms with Crippen molar-refractivity contribution in [3.8, 4) is 0 Å². The zero-order chi connectivity index (χ0) is 13.6. The SMILES string of the molecule is c1cc2ccc3cc4c(c5ccc(c1)c2c35)CC[C@@H]1O[C@H]41. The van der Waals surface area contributed by atoms with Crippen LogP contribution in [-0.2, 0) is 11.2 Å². The molecule has 0 amide bonds. The predicted molar refractivity (Wildman–Crippen MR) is 86.1 cm³/mol. The molecular formula is C20H14O. The third kappa shape index (κ3) is 1.22. The van der Waals surface area contributed by atoms with Gasteiger partial charge in [-0.15, -0.1) is 0 Å². The van der Waals surface area contributed by atoms with E-state index in [1.165, 1.54) is 49.9 Å². The summed E-state index contributed by atoms with van der Waals surface area (Å²) in [4.78, 5) is 0.